The van der Waals surface area contributed by atoms with E-state index in [1.807, 2.05) is 12.1 Å². The summed E-state index contributed by atoms with van der Waals surface area (Å²) in [5.74, 6) is -0.645. The van der Waals surface area contributed by atoms with Gasteiger partial charge in [0.1, 0.15) is 17.7 Å². The molecule has 5 nitrogen and oxygen atoms in total. The van der Waals surface area contributed by atoms with Crippen LogP contribution in [0.3, 0.4) is 0 Å². The Kier molecular flexibility index (Phi) is 4.22. The largest absolute Gasteiger partial charge is 0.493 e. The van der Waals surface area contributed by atoms with Gasteiger partial charge in [-0.15, -0.1) is 0 Å². The molecule has 0 bridgehead atoms. The van der Waals surface area contributed by atoms with Gasteiger partial charge in [0.25, 0.3) is 5.91 Å². The first-order valence-electron chi connectivity index (χ1n) is 8.27. The van der Waals surface area contributed by atoms with Gasteiger partial charge in [0, 0.05) is 19.0 Å². The molecule has 8 heteroatoms. The number of halogens is 2. The number of methoxy groups -OCH3 is 2. The van der Waals surface area contributed by atoms with Crippen LogP contribution in [-0.2, 0) is 17.8 Å². The highest BCUT2D eigenvalue weighted by Crippen LogP contribution is 2.38. The molecule has 0 saturated carbocycles. The second-order valence-electron chi connectivity index (χ2n) is 6.41. The lowest BCUT2D eigenvalue weighted by atomic mass is 9.94. The van der Waals surface area contributed by atoms with Gasteiger partial charge in [0.15, 0.2) is 16.6 Å². The zero-order valence-corrected chi connectivity index (χ0v) is 15.5. The molecule has 2 aromatic rings. The molecule has 0 radical (unpaired) electrons. The van der Waals surface area contributed by atoms with Crippen molar-refractivity contribution in [2.45, 2.75) is 19.0 Å². The monoisotopic (exact) mass is 390 g/mol. The van der Waals surface area contributed by atoms with Crippen LogP contribution in [0.1, 0.15) is 11.1 Å². The second-order valence-corrected chi connectivity index (χ2v) is 6.77. The van der Waals surface area contributed by atoms with E-state index in [0.717, 1.165) is 29.3 Å². The summed E-state index contributed by atoms with van der Waals surface area (Å²) in [5.41, 5.74) is 2.01. The lowest BCUT2D eigenvalue weighted by molar-refractivity contribution is -0.119. The summed E-state index contributed by atoms with van der Waals surface area (Å²) in [6, 6.07) is 6.16. The molecule has 4 rings (SSSR count). The maximum Gasteiger partial charge on any atom is 0.256 e. The standard InChI is InChI=1S/C19H16F2N2O3S/c1-25-16-4-10-3-15-18(24)23(14-7-12(20)6-13(21)8-14)19(27)22(15)9-11(10)5-17(16)26-2/h4-8,15H,3,9H2,1-2H3/t15-/m0/s1. The molecule has 1 atom stereocenters. The van der Waals surface area contributed by atoms with Crippen LogP contribution in [-0.4, -0.2) is 36.2 Å². The van der Waals surface area contributed by atoms with Crippen molar-refractivity contribution in [3.63, 3.8) is 0 Å². The predicted molar refractivity (Wildman–Crippen MR) is 99.0 cm³/mol. The minimum atomic E-state index is -0.761. The van der Waals surface area contributed by atoms with E-state index in [0.29, 0.717) is 24.5 Å². The van der Waals surface area contributed by atoms with E-state index in [1.165, 1.54) is 4.90 Å². The molecule has 1 amide bonds. The van der Waals surface area contributed by atoms with Gasteiger partial charge in [-0.1, -0.05) is 0 Å². The Morgan fingerprint density at radius 1 is 1.00 bits per heavy atom. The fraction of sp³-hybridized carbons (Fsp3) is 0.263. The van der Waals surface area contributed by atoms with Gasteiger partial charge in [-0.3, -0.25) is 9.69 Å². The highest BCUT2D eigenvalue weighted by molar-refractivity contribution is 7.80. The third kappa shape index (κ3) is 2.80. The van der Waals surface area contributed by atoms with Crippen LogP contribution in [0.25, 0.3) is 0 Å². The number of amides is 1. The summed E-state index contributed by atoms with van der Waals surface area (Å²) in [6.07, 6.45) is 0.420. The summed E-state index contributed by atoms with van der Waals surface area (Å²) in [7, 11) is 3.11. The molecule has 0 aromatic heterocycles. The van der Waals surface area contributed by atoms with Crippen LogP contribution in [0.2, 0.25) is 0 Å². The van der Waals surface area contributed by atoms with Crippen molar-refractivity contribution in [2.75, 3.05) is 19.1 Å². The molecule has 1 fully saturated rings. The number of hydrogen-bond acceptors (Lipinski definition) is 4. The number of nitrogens with zero attached hydrogens (tertiary/aromatic N) is 2. The Labute approximate surface area is 160 Å². The summed E-state index contributed by atoms with van der Waals surface area (Å²) >= 11 is 5.45. The zero-order chi connectivity index (χ0) is 19.3. The highest BCUT2D eigenvalue weighted by atomic mass is 32.1. The van der Waals surface area contributed by atoms with E-state index >= 15 is 0 Å². The van der Waals surface area contributed by atoms with Gasteiger partial charge >= 0.3 is 0 Å². The molecular weight excluding hydrogens is 374 g/mol. The molecule has 0 N–H and O–H groups in total. The van der Waals surface area contributed by atoms with Crippen LogP contribution in [0.4, 0.5) is 14.5 Å². The van der Waals surface area contributed by atoms with Crippen LogP contribution in [0.5, 0.6) is 11.5 Å². The molecule has 0 unspecified atom stereocenters. The molecule has 1 saturated heterocycles. The average molecular weight is 390 g/mol. The zero-order valence-electron chi connectivity index (χ0n) is 14.7. The molecule has 2 aliphatic heterocycles. The van der Waals surface area contributed by atoms with E-state index in [4.69, 9.17) is 21.7 Å². The Morgan fingerprint density at radius 3 is 2.19 bits per heavy atom. The maximum atomic E-state index is 13.6. The van der Waals surface area contributed by atoms with Crippen LogP contribution in [0, 0.1) is 11.6 Å². The minimum Gasteiger partial charge on any atom is -0.493 e. The van der Waals surface area contributed by atoms with Crippen molar-refractivity contribution < 1.29 is 23.0 Å². The topological polar surface area (TPSA) is 42.0 Å². The Hall–Kier alpha value is -2.74. The first kappa shape index (κ1) is 17.7. The van der Waals surface area contributed by atoms with Gasteiger partial charge in [-0.2, -0.15) is 0 Å². The van der Waals surface area contributed by atoms with Crippen LogP contribution >= 0.6 is 12.2 Å². The molecular formula is C19H16F2N2O3S. The second kappa shape index (κ2) is 6.45. The summed E-state index contributed by atoms with van der Waals surface area (Å²) in [4.78, 5) is 15.9. The van der Waals surface area contributed by atoms with Gasteiger partial charge in [-0.25, -0.2) is 8.78 Å². The highest BCUT2D eigenvalue weighted by Gasteiger charge is 2.45. The Bertz CT molecular complexity index is 895. The molecule has 27 heavy (non-hydrogen) atoms. The molecule has 2 heterocycles. The number of anilines is 1. The minimum absolute atomic E-state index is 0.0936. The lowest BCUT2D eigenvalue weighted by Crippen LogP contribution is -2.40. The van der Waals surface area contributed by atoms with Gasteiger partial charge in [0.05, 0.1) is 19.9 Å². The summed E-state index contributed by atoms with van der Waals surface area (Å²) in [5, 5.41) is 0.232. The Morgan fingerprint density at radius 2 is 1.59 bits per heavy atom. The lowest BCUT2D eigenvalue weighted by Gasteiger charge is -2.31. The van der Waals surface area contributed by atoms with Crippen molar-refractivity contribution >= 4 is 28.9 Å². The number of ether oxygens (including phenoxy) is 2. The normalized spacial score (nSPS) is 18.4. The van der Waals surface area contributed by atoms with E-state index in [1.54, 1.807) is 19.1 Å². The van der Waals surface area contributed by atoms with E-state index < -0.39 is 17.7 Å². The first-order chi connectivity index (χ1) is 12.9. The van der Waals surface area contributed by atoms with Crippen LogP contribution < -0.4 is 14.4 Å². The maximum absolute atomic E-state index is 13.6. The van der Waals surface area contributed by atoms with Crippen molar-refractivity contribution in [3.05, 3.63) is 53.1 Å². The van der Waals surface area contributed by atoms with Gasteiger partial charge in [-0.05, 0) is 47.6 Å². The van der Waals surface area contributed by atoms with Crippen molar-refractivity contribution in [1.29, 1.82) is 0 Å². The molecule has 2 aliphatic rings. The summed E-state index contributed by atoms with van der Waals surface area (Å²) in [6.45, 7) is 0.402. The third-order valence-corrected chi connectivity index (χ3v) is 5.30. The fourth-order valence-electron chi connectivity index (χ4n) is 3.61. The van der Waals surface area contributed by atoms with E-state index in [2.05, 4.69) is 0 Å². The molecule has 2 aromatic carbocycles. The SMILES string of the molecule is COc1cc2c(cc1OC)CN1C(=S)N(c3cc(F)cc(F)c3)C(=O)[C@@H]1C2. The first-order valence-corrected chi connectivity index (χ1v) is 8.68. The quantitative estimate of drug-likeness (QED) is 0.754. The Balaban J connectivity index is 1.72. The molecule has 0 aliphatic carbocycles. The van der Waals surface area contributed by atoms with Crippen molar-refractivity contribution in [3.8, 4) is 11.5 Å². The number of carbonyl (C=O) groups is 1. The van der Waals surface area contributed by atoms with Crippen molar-refractivity contribution in [2.24, 2.45) is 0 Å². The number of thiocarbonyl (C=S) groups is 1. The number of rotatable bonds is 3. The smallest absolute Gasteiger partial charge is 0.256 e. The number of carbonyl (C=O) groups excluding carboxylic acids is 1. The summed E-state index contributed by atoms with van der Waals surface area (Å²) < 4.78 is 37.9. The number of benzene rings is 2. The van der Waals surface area contributed by atoms with Gasteiger partial charge in [0.2, 0.25) is 0 Å². The third-order valence-electron chi connectivity index (χ3n) is 4.88. The molecule has 0 spiro atoms. The number of fused-ring (bicyclic) bond motifs is 2. The van der Waals surface area contributed by atoms with E-state index in [-0.39, 0.29) is 16.7 Å². The van der Waals surface area contributed by atoms with Gasteiger partial charge < -0.3 is 14.4 Å². The molecule has 140 valence electrons. The average Bonchev–Trinajstić information content (AvgIpc) is 2.88. The van der Waals surface area contributed by atoms with Crippen LogP contribution in [0.15, 0.2) is 30.3 Å². The fourth-order valence-corrected chi connectivity index (χ4v) is 4.00. The number of hydrogen-bond donors (Lipinski definition) is 0. The van der Waals surface area contributed by atoms with E-state index in [9.17, 15) is 13.6 Å². The predicted octanol–water partition coefficient (Wildman–Crippen LogP) is 3.04. The van der Waals surface area contributed by atoms with Crippen molar-refractivity contribution in [1.82, 2.24) is 4.90 Å².